The fourth-order valence-electron chi connectivity index (χ4n) is 2.62. The number of likely N-dealkylation sites (tertiary alicyclic amines) is 1. The molecule has 1 aliphatic heterocycles. The Morgan fingerprint density at radius 3 is 2.62 bits per heavy atom. The zero-order chi connectivity index (χ0) is 14.7. The Kier molecular flexibility index (Phi) is 3.81. The highest BCUT2D eigenvalue weighted by Crippen LogP contribution is 2.24. The minimum Gasteiger partial charge on any atom is -0.345 e. The van der Waals surface area contributed by atoms with Crippen molar-refractivity contribution in [1.82, 2.24) is 24.6 Å². The summed E-state index contributed by atoms with van der Waals surface area (Å²) in [5.41, 5.74) is -0.0495. The Labute approximate surface area is 121 Å². The molecule has 3 heterocycles. The second-order valence-corrected chi connectivity index (χ2v) is 5.23. The fourth-order valence-corrected chi connectivity index (χ4v) is 2.62. The van der Waals surface area contributed by atoms with Crippen LogP contribution in [0.25, 0.3) is 0 Å². The Balaban J connectivity index is 1.55. The van der Waals surface area contributed by atoms with E-state index in [1.807, 2.05) is 4.90 Å². The first-order valence-corrected chi connectivity index (χ1v) is 7.01. The third-order valence-corrected chi connectivity index (χ3v) is 3.85. The molecule has 0 aliphatic carbocycles. The number of carbonyl (C=O) groups excluding carboxylic acids is 1. The second kappa shape index (κ2) is 5.90. The van der Waals surface area contributed by atoms with E-state index in [1.165, 1.54) is 18.5 Å². The van der Waals surface area contributed by atoms with Crippen molar-refractivity contribution in [2.24, 2.45) is 0 Å². The van der Waals surface area contributed by atoms with Crippen LogP contribution in [0.4, 0.5) is 0 Å². The zero-order valence-electron chi connectivity index (χ0n) is 11.6. The smallest absolute Gasteiger partial charge is 0.242 e. The van der Waals surface area contributed by atoms with Crippen molar-refractivity contribution in [3.05, 3.63) is 46.9 Å². The lowest BCUT2D eigenvalue weighted by Crippen LogP contribution is -2.39. The highest BCUT2D eigenvalue weighted by atomic mass is 16.2. The predicted octanol–water partition coefficient (Wildman–Crippen LogP) is 0.373. The number of piperidine rings is 1. The number of aromatic amines is 1. The molecule has 110 valence electrons. The lowest BCUT2D eigenvalue weighted by atomic mass is 9.96. The van der Waals surface area contributed by atoms with E-state index in [4.69, 9.17) is 0 Å². The van der Waals surface area contributed by atoms with Crippen LogP contribution >= 0.6 is 0 Å². The molecule has 2 aromatic rings. The summed E-state index contributed by atoms with van der Waals surface area (Å²) in [7, 11) is 0. The van der Waals surface area contributed by atoms with Crippen molar-refractivity contribution in [3.8, 4) is 0 Å². The van der Waals surface area contributed by atoms with Gasteiger partial charge in [-0.2, -0.15) is 5.10 Å². The van der Waals surface area contributed by atoms with Gasteiger partial charge >= 0.3 is 0 Å². The van der Waals surface area contributed by atoms with Gasteiger partial charge in [0, 0.05) is 43.5 Å². The van der Waals surface area contributed by atoms with Gasteiger partial charge in [0.1, 0.15) is 18.7 Å². The van der Waals surface area contributed by atoms with Crippen LogP contribution in [-0.4, -0.2) is 43.6 Å². The zero-order valence-corrected chi connectivity index (χ0v) is 11.6. The Morgan fingerprint density at radius 1 is 1.29 bits per heavy atom. The highest BCUT2D eigenvalue weighted by Gasteiger charge is 2.25. The molecule has 1 aliphatic rings. The average molecular weight is 287 g/mol. The largest absolute Gasteiger partial charge is 0.345 e. The van der Waals surface area contributed by atoms with E-state index < -0.39 is 0 Å². The van der Waals surface area contributed by atoms with Crippen molar-refractivity contribution in [2.45, 2.75) is 25.3 Å². The lowest BCUT2D eigenvalue weighted by Gasteiger charge is -2.31. The van der Waals surface area contributed by atoms with E-state index in [9.17, 15) is 9.59 Å². The third kappa shape index (κ3) is 3.18. The van der Waals surface area contributed by atoms with E-state index in [0.717, 1.165) is 31.8 Å². The number of H-pyrrole nitrogens is 1. The molecular formula is C14H17N5O2. The Hall–Kier alpha value is -2.44. The lowest BCUT2D eigenvalue weighted by molar-refractivity contribution is -0.132. The predicted molar refractivity (Wildman–Crippen MR) is 75.6 cm³/mol. The number of pyridine rings is 1. The molecule has 0 spiro atoms. The molecular weight excluding hydrogens is 270 g/mol. The molecule has 1 saturated heterocycles. The molecule has 1 amide bonds. The SMILES string of the molecule is O=C(Cn1ccc(=O)cc1)N1CCC(c2ncn[nH]2)CC1. The maximum absolute atomic E-state index is 12.2. The van der Waals surface area contributed by atoms with Crippen LogP contribution in [0.2, 0.25) is 0 Å². The number of amides is 1. The summed E-state index contributed by atoms with van der Waals surface area (Å²) in [6, 6.07) is 2.92. The van der Waals surface area contributed by atoms with Gasteiger partial charge in [0.15, 0.2) is 5.43 Å². The summed E-state index contributed by atoms with van der Waals surface area (Å²) in [5.74, 6) is 1.33. The van der Waals surface area contributed by atoms with Crippen molar-refractivity contribution in [1.29, 1.82) is 0 Å². The normalized spacial score (nSPS) is 16.1. The van der Waals surface area contributed by atoms with Gasteiger partial charge < -0.3 is 9.47 Å². The van der Waals surface area contributed by atoms with Gasteiger partial charge in [0.2, 0.25) is 5.91 Å². The fraction of sp³-hybridized carbons (Fsp3) is 0.429. The van der Waals surface area contributed by atoms with E-state index in [-0.39, 0.29) is 17.9 Å². The number of hydrogen-bond donors (Lipinski definition) is 1. The van der Waals surface area contributed by atoms with Gasteiger partial charge in [0.05, 0.1) is 0 Å². The van der Waals surface area contributed by atoms with E-state index in [2.05, 4.69) is 15.2 Å². The molecule has 0 bridgehead atoms. The molecule has 0 atom stereocenters. The molecule has 1 fully saturated rings. The van der Waals surface area contributed by atoms with Crippen LogP contribution in [0.3, 0.4) is 0 Å². The van der Waals surface area contributed by atoms with Crippen LogP contribution in [0.15, 0.2) is 35.6 Å². The van der Waals surface area contributed by atoms with E-state index >= 15 is 0 Å². The summed E-state index contributed by atoms with van der Waals surface area (Å²) >= 11 is 0. The Bertz CT molecular complexity index is 636. The first kappa shape index (κ1) is 13.5. The molecule has 21 heavy (non-hydrogen) atoms. The molecule has 0 aromatic carbocycles. The van der Waals surface area contributed by atoms with Crippen molar-refractivity contribution in [3.63, 3.8) is 0 Å². The first-order valence-electron chi connectivity index (χ1n) is 7.01. The molecule has 0 radical (unpaired) electrons. The van der Waals surface area contributed by atoms with E-state index in [1.54, 1.807) is 17.0 Å². The first-order chi connectivity index (χ1) is 10.2. The Morgan fingerprint density at radius 2 is 2.00 bits per heavy atom. The van der Waals surface area contributed by atoms with Gasteiger partial charge in [-0.1, -0.05) is 0 Å². The molecule has 1 N–H and O–H groups in total. The molecule has 2 aromatic heterocycles. The standard InChI is InChI=1S/C14H17N5O2/c20-12-3-5-18(6-4-12)9-13(21)19-7-1-11(2-8-19)14-15-10-16-17-14/h3-6,10-11H,1-2,7-9H2,(H,15,16,17). The second-order valence-electron chi connectivity index (χ2n) is 5.23. The average Bonchev–Trinajstić information content (AvgIpc) is 3.04. The van der Waals surface area contributed by atoms with Crippen molar-refractivity contribution >= 4 is 5.91 Å². The van der Waals surface area contributed by atoms with Crippen LogP contribution in [0, 0.1) is 0 Å². The van der Waals surface area contributed by atoms with Gasteiger partial charge in [-0.25, -0.2) is 4.98 Å². The van der Waals surface area contributed by atoms with Crippen LogP contribution in [-0.2, 0) is 11.3 Å². The summed E-state index contributed by atoms with van der Waals surface area (Å²) in [6.45, 7) is 1.72. The maximum Gasteiger partial charge on any atom is 0.242 e. The van der Waals surface area contributed by atoms with Gasteiger partial charge in [0.25, 0.3) is 0 Å². The monoisotopic (exact) mass is 287 g/mol. The number of nitrogens with one attached hydrogen (secondary N) is 1. The molecule has 7 heteroatoms. The molecule has 0 unspecified atom stereocenters. The number of hydrogen-bond acceptors (Lipinski definition) is 4. The molecule has 7 nitrogen and oxygen atoms in total. The van der Waals surface area contributed by atoms with Gasteiger partial charge in [-0.3, -0.25) is 14.7 Å². The minimum atomic E-state index is -0.0495. The van der Waals surface area contributed by atoms with E-state index in [0.29, 0.717) is 5.92 Å². The summed E-state index contributed by atoms with van der Waals surface area (Å²) < 4.78 is 1.73. The summed E-state index contributed by atoms with van der Waals surface area (Å²) in [6.07, 6.45) is 6.59. The van der Waals surface area contributed by atoms with Crippen molar-refractivity contribution < 1.29 is 4.79 Å². The maximum atomic E-state index is 12.2. The number of carbonyl (C=O) groups is 1. The number of rotatable bonds is 3. The quantitative estimate of drug-likeness (QED) is 0.884. The molecule has 3 rings (SSSR count). The van der Waals surface area contributed by atoms with Crippen LogP contribution in [0.1, 0.15) is 24.6 Å². The third-order valence-electron chi connectivity index (χ3n) is 3.85. The van der Waals surface area contributed by atoms with Gasteiger partial charge in [-0.05, 0) is 12.8 Å². The van der Waals surface area contributed by atoms with Gasteiger partial charge in [-0.15, -0.1) is 0 Å². The topological polar surface area (TPSA) is 83.9 Å². The van der Waals surface area contributed by atoms with Crippen LogP contribution in [0.5, 0.6) is 0 Å². The molecule has 0 saturated carbocycles. The minimum absolute atomic E-state index is 0.0495. The van der Waals surface area contributed by atoms with Crippen molar-refractivity contribution in [2.75, 3.05) is 13.1 Å². The summed E-state index contributed by atoms with van der Waals surface area (Å²) in [5, 5.41) is 6.77. The number of nitrogens with zero attached hydrogens (tertiary/aromatic N) is 4. The number of aromatic nitrogens is 4. The van der Waals surface area contributed by atoms with Crippen LogP contribution < -0.4 is 5.43 Å². The highest BCUT2D eigenvalue weighted by molar-refractivity contribution is 5.76. The summed E-state index contributed by atoms with van der Waals surface area (Å²) in [4.78, 5) is 29.3.